The molecule has 1 aromatic heterocycles. The van der Waals surface area contributed by atoms with Gasteiger partial charge in [-0.3, -0.25) is 0 Å². The van der Waals surface area contributed by atoms with E-state index in [4.69, 9.17) is 0 Å². The highest BCUT2D eigenvalue weighted by Crippen LogP contribution is 2.15. The van der Waals surface area contributed by atoms with Gasteiger partial charge in [-0.15, -0.1) is 5.10 Å². The highest BCUT2D eigenvalue weighted by atomic mass is 15.3. The molecule has 0 aliphatic carbocycles. The van der Waals surface area contributed by atoms with E-state index >= 15 is 0 Å². The average molecular weight is 206 g/mol. The molecule has 0 amide bonds. The first-order valence-corrected chi connectivity index (χ1v) is 5.51. The maximum Gasteiger partial charge on any atom is 0.151 e. The molecular formula is C11H18N4. The highest BCUT2D eigenvalue weighted by molar-refractivity contribution is 5.37. The summed E-state index contributed by atoms with van der Waals surface area (Å²) in [5.74, 6) is 0.967. The fourth-order valence-corrected chi connectivity index (χ4v) is 1.93. The molecule has 15 heavy (non-hydrogen) atoms. The molecule has 0 bridgehead atoms. The van der Waals surface area contributed by atoms with Crippen LogP contribution < -0.4 is 10.2 Å². The van der Waals surface area contributed by atoms with Crippen molar-refractivity contribution < 1.29 is 0 Å². The van der Waals surface area contributed by atoms with Gasteiger partial charge in [-0.2, -0.15) is 5.10 Å². The lowest BCUT2D eigenvalue weighted by Gasteiger charge is -2.32. The molecule has 1 N–H and O–H groups in total. The third-order valence-corrected chi connectivity index (χ3v) is 2.96. The van der Waals surface area contributed by atoms with E-state index < -0.39 is 0 Å². The van der Waals surface area contributed by atoms with Crippen molar-refractivity contribution in [3.63, 3.8) is 0 Å². The molecule has 0 saturated carbocycles. The normalized spacial score (nSPS) is 21.3. The molecule has 0 aromatic carbocycles. The van der Waals surface area contributed by atoms with Crippen LogP contribution >= 0.6 is 0 Å². The van der Waals surface area contributed by atoms with E-state index in [1.54, 1.807) is 0 Å². The summed E-state index contributed by atoms with van der Waals surface area (Å²) in [5, 5.41) is 11.7. The van der Waals surface area contributed by atoms with Crippen LogP contribution in [0.2, 0.25) is 0 Å². The molecule has 4 nitrogen and oxygen atoms in total. The zero-order chi connectivity index (χ0) is 10.7. The smallest absolute Gasteiger partial charge is 0.151 e. The summed E-state index contributed by atoms with van der Waals surface area (Å²) < 4.78 is 0. The number of likely N-dealkylation sites (N-methyl/N-ethyl adjacent to an activating group) is 1. The predicted molar refractivity (Wildman–Crippen MR) is 61.1 cm³/mol. The average Bonchev–Trinajstić information content (AvgIpc) is 2.30. The van der Waals surface area contributed by atoms with Crippen molar-refractivity contribution >= 4 is 5.82 Å². The van der Waals surface area contributed by atoms with E-state index in [1.165, 1.54) is 12.8 Å². The number of aromatic nitrogens is 2. The Hall–Kier alpha value is -1.16. The summed E-state index contributed by atoms with van der Waals surface area (Å²) in [5.41, 5.74) is 0.967. The maximum atomic E-state index is 4.20. The van der Waals surface area contributed by atoms with Gasteiger partial charge in [0.2, 0.25) is 0 Å². The van der Waals surface area contributed by atoms with Crippen LogP contribution in [-0.2, 0) is 0 Å². The minimum Gasteiger partial charge on any atom is -0.354 e. The van der Waals surface area contributed by atoms with Gasteiger partial charge in [-0.1, -0.05) is 0 Å². The number of anilines is 1. The van der Waals surface area contributed by atoms with Crippen molar-refractivity contribution in [3.05, 3.63) is 17.8 Å². The number of rotatable bonds is 2. The van der Waals surface area contributed by atoms with Crippen molar-refractivity contribution in [2.75, 3.05) is 25.0 Å². The Bertz CT molecular complexity index is 303. The zero-order valence-corrected chi connectivity index (χ0v) is 9.40. The minimum absolute atomic E-state index is 0.552. The van der Waals surface area contributed by atoms with E-state index in [2.05, 4.69) is 27.5 Å². The Morgan fingerprint density at radius 3 is 2.87 bits per heavy atom. The lowest BCUT2D eigenvalue weighted by atomic mass is 10.1. The van der Waals surface area contributed by atoms with Crippen LogP contribution in [0.15, 0.2) is 12.1 Å². The van der Waals surface area contributed by atoms with Crippen LogP contribution in [-0.4, -0.2) is 36.4 Å². The van der Waals surface area contributed by atoms with Gasteiger partial charge in [0.15, 0.2) is 5.82 Å². The second-order valence-electron chi connectivity index (χ2n) is 4.14. The highest BCUT2D eigenvalue weighted by Gasteiger charge is 2.18. The predicted octanol–water partition coefficient (Wildman–Crippen LogP) is 0.973. The first kappa shape index (κ1) is 10.4. The Balaban J connectivity index is 2.05. The largest absolute Gasteiger partial charge is 0.354 e. The second-order valence-corrected chi connectivity index (χ2v) is 4.14. The summed E-state index contributed by atoms with van der Waals surface area (Å²) in [7, 11) is 2.09. The molecule has 0 spiro atoms. The standard InChI is InChI=1S/C11H18N4/c1-9-5-6-11(14-13-9)15(2)10-4-3-7-12-8-10/h5-6,10,12H,3-4,7-8H2,1-2H3. The lowest BCUT2D eigenvalue weighted by Crippen LogP contribution is -2.44. The van der Waals surface area contributed by atoms with E-state index in [0.717, 1.165) is 24.6 Å². The fraction of sp³-hybridized carbons (Fsp3) is 0.636. The number of aryl methyl sites for hydroxylation is 1. The van der Waals surface area contributed by atoms with Crippen LogP contribution in [0.4, 0.5) is 5.82 Å². The van der Waals surface area contributed by atoms with Gasteiger partial charge in [0, 0.05) is 19.6 Å². The molecule has 82 valence electrons. The van der Waals surface area contributed by atoms with Crippen molar-refractivity contribution in [1.29, 1.82) is 0 Å². The zero-order valence-electron chi connectivity index (χ0n) is 9.40. The molecule has 2 rings (SSSR count). The summed E-state index contributed by atoms with van der Waals surface area (Å²) in [6, 6.07) is 4.60. The SMILES string of the molecule is Cc1ccc(N(C)C2CCCNC2)nn1. The molecule has 1 atom stereocenters. The van der Waals surface area contributed by atoms with E-state index in [1.807, 2.05) is 19.1 Å². The molecule has 1 aliphatic heterocycles. The molecule has 1 saturated heterocycles. The Kier molecular flexibility index (Phi) is 3.16. The van der Waals surface area contributed by atoms with Gasteiger partial charge >= 0.3 is 0 Å². The van der Waals surface area contributed by atoms with Gasteiger partial charge in [-0.25, -0.2) is 0 Å². The van der Waals surface area contributed by atoms with Gasteiger partial charge in [0.1, 0.15) is 0 Å². The third-order valence-electron chi connectivity index (χ3n) is 2.96. The molecule has 1 aliphatic rings. The van der Waals surface area contributed by atoms with Crippen molar-refractivity contribution in [1.82, 2.24) is 15.5 Å². The first-order valence-electron chi connectivity index (χ1n) is 5.51. The number of hydrogen-bond donors (Lipinski definition) is 1. The maximum absolute atomic E-state index is 4.20. The van der Waals surface area contributed by atoms with E-state index in [-0.39, 0.29) is 0 Å². The second kappa shape index (κ2) is 4.57. The number of nitrogens with zero attached hydrogens (tertiary/aromatic N) is 3. The molecule has 2 heterocycles. The third kappa shape index (κ3) is 2.45. The molecule has 1 unspecified atom stereocenters. The van der Waals surface area contributed by atoms with E-state index in [0.29, 0.717) is 6.04 Å². The van der Waals surface area contributed by atoms with Gasteiger partial charge in [0.25, 0.3) is 0 Å². The van der Waals surface area contributed by atoms with Crippen LogP contribution in [0, 0.1) is 6.92 Å². The summed E-state index contributed by atoms with van der Waals surface area (Å²) >= 11 is 0. The lowest BCUT2D eigenvalue weighted by molar-refractivity contribution is 0.442. The quantitative estimate of drug-likeness (QED) is 0.783. The minimum atomic E-state index is 0.552. The molecule has 1 fully saturated rings. The van der Waals surface area contributed by atoms with Crippen LogP contribution in [0.25, 0.3) is 0 Å². The van der Waals surface area contributed by atoms with Gasteiger partial charge < -0.3 is 10.2 Å². The molecule has 4 heteroatoms. The first-order chi connectivity index (χ1) is 7.27. The summed E-state index contributed by atoms with van der Waals surface area (Å²) in [4.78, 5) is 2.22. The van der Waals surface area contributed by atoms with Gasteiger partial charge in [-0.05, 0) is 38.4 Å². The Morgan fingerprint density at radius 2 is 2.27 bits per heavy atom. The topological polar surface area (TPSA) is 41.0 Å². The fourth-order valence-electron chi connectivity index (χ4n) is 1.93. The number of piperidine rings is 1. The molecular weight excluding hydrogens is 188 g/mol. The van der Waals surface area contributed by atoms with Crippen LogP contribution in [0.3, 0.4) is 0 Å². The molecule has 1 aromatic rings. The number of nitrogens with one attached hydrogen (secondary N) is 1. The van der Waals surface area contributed by atoms with Crippen molar-refractivity contribution in [2.45, 2.75) is 25.8 Å². The monoisotopic (exact) mass is 206 g/mol. The van der Waals surface area contributed by atoms with Crippen LogP contribution in [0.1, 0.15) is 18.5 Å². The van der Waals surface area contributed by atoms with Crippen LogP contribution in [0.5, 0.6) is 0 Å². The summed E-state index contributed by atoms with van der Waals surface area (Å²) in [6.07, 6.45) is 2.48. The van der Waals surface area contributed by atoms with Crippen molar-refractivity contribution in [2.24, 2.45) is 0 Å². The summed E-state index contributed by atoms with van der Waals surface area (Å²) in [6.45, 7) is 4.15. The Morgan fingerprint density at radius 1 is 1.40 bits per heavy atom. The van der Waals surface area contributed by atoms with Crippen molar-refractivity contribution in [3.8, 4) is 0 Å². The van der Waals surface area contributed by atoms with E-state index in [9.17, 15) is 0 Å². The number of hydrogen-bond acceptors (Lipinski definition) is 4. The Labute approximate surface area is 90.7 Å². The van der Waals surface area contributed by atoms with Gasteiger partial charge in [0.05, 0.1) is 5.69 Å². The molecule has 0 radical (unpaired) electrons.